The maximum Gasteiger partial charge on any atom is 0.216 e. The number of amides is 1. The molecule has 0 saturated carbocycles. The monoisotopic (exact) mass is 217 g/mol. The Bertz CT molecular complexity index is 225. The molecule has 88 valence electrons. The van der Waals surface area contributed by atoms with Gasteiger partial charge in [-0.2, -0.15) is 0 Å². The molecule has 0 spiro atoms. The first kappa shape index (κ1) is 12.4. The lowest BCUT2D eigenvalue weighted by Crippen LogP contribution is -2.44. The smallest absolute Gasteiger partial charge is 0.216 e. The van der Waals surface area contributed by atoms with Crippen LogP contribution in [0.4, 0.5) is 0 Å². The van der Waals surface area contributed by atoms with E-state index >= 15 is 0 Å². The summed E-state index contributed by atoms with van der Waals surface area (Å²) in [6.07, 6.45) is -1.63. The van der Waals surface area contributed by atoms with Crippen molar-refractivity contribution in [3.63, 3.8) is 0 Å². The third kappa shape index (κ3) is 3.13. The normalized spacial score (nSPS) is 35.5. The Kier molecular flexibility index (Phi) is 4.46. The molecule has 1 fully saturated rings. The largest absolute Gasteiger partial charge is 0.389 e. The van der Waals surface area contributed by atoms with E-state index in [-0.39, 0.29) is 18.0 Å². The molecule has 1 amide bonds. The van der Waals surface area contributed by atoms with Crippen LogP contribution < -0.4 is 16.0 Å². The summed E-state index contributed by atoms with van der Waals surface area (Å²) < 4.78 is 0. The second-order valence-electron chi connectivity index (χ2n) is 3.86. The average molecular weight is 217 g/mol. The Labute approximate surface area is 89.1 Å². The number of rotatable bonds is 4. The number of hydrogen-bond donors (Lipinski definition) is 5. The van der Waals surface area contributed by atoms with Crippen molar-refractivity contribution in [1.82, 2.24) is 16.0 Å². The lowest BCUT2D eigenvalue weighted by molar-refractivity contribution is -0.119. The van der Waals surface area contributed by atoms with E-state index in [0.29, 0.717) is 13.1 Å². The van der Waals surface area contributed by atoms with Crippen LogP contribution in [-0.2, 0) is 4.79 Å². The third-order valence-corrected chi connectivity index (χ3v) is 2.60. The van der Waals surface area contributed by atoms with Gasteiger partial charge < -0.3 is 26.2 Å². The number of nitrogens with one attached hydrogen (secondary N) is 3. The van der Waals surface area contributed by atoms with Gasteiger partial charge in [-0.25, -0.2) is 0 Å². The molecule has 0 aromatic heterocycles. The van der Waals surface area contributed by atoms with Crippen molar-refractivity contribution in [2.45, 2.75) is 31.2 Å². The van der Waals surface area contributed by atoms with Crippen LogP contribution in [0.1, 0.15) is 6.92 Å². The zero-order chi connectivity index (χ0) is 11.4. The number of likely N-dealkylation sites (N-methyl/N-ethyl adjacent to an activating group) is 1. The van der Waals surface area contributed by atoms with Gasteiger partial charge in [0.25, 0.3) is 0 Å². The molecule has 0 aromatic carbocycles. The van der Waals surface area contributed by atoms with Crippen molar-refractivity contribution in [3.05, 3.63) is 0 Å². The van der Waals surface area contributed by atoms with Gasteiger partial charge >= 0.3 is 0 Å². The van der Waals surface area contributed by atoms with E-state index in [9.17, 15) is 15.0 Å². The third-order valence-electron chi connectivity index (χ3n) is 2.60. The fourth-order valence-electron chi connectivity index (χ4n) is 1.78. The highest BCUT2D eigenvalue weighted by Gasteiger charge is 2.40. The highest BCUT2D eigenvalue weighted by atomic mass is 16.3. The van der Waals surface area contributed by atoms with E-state index in [1.165, 1.54) is 6.92 Å². The molecule has 1 aliphatic heterocycles. The van der Waals surface area contributed by atoms with Crippen molar-refractivity contribution in [2.75, 3.05) is 20.1 Å². The molecular formula is C9H19N3O3. The van der Waals surface area contributed by atoms with Gasteiger partial charge in [-0.15, -0.1) is 0 Å². The Morgan fingerprint density at radius 3 is 2.27 bits per heavy atom. The topological polar surface area (TPSA) is 93.6 Å². The Morgan fingerprint density at radius 2 is 1.80 bits per heavy atom. The minimum absolute atomic E-state index is 0.143. The van der Waals surface area contributed by atoms with Crippen LogP contribution in [0.2, 0.25) is 0 Å². The fourth-order valence-corrected chi connectivity index (χ4v) is 1.78. The Hall–Kier alpha value is -0.690. The summed E-state index contributed by atoms with van der Waals surface area (Å²) in [4.78, 5) is 10.7. The highest BCUT2D eigenvalue weighted by molar-refractivity contribution is 5.72. The molecule has 4 atom stereocenters. The van der Waals surface area contributed by atoms with Crippen molar-refractivity contribution in [1.29, 1.82) is 0 Å². The van der Waals surface area contributed by atoms with Crippen molar-refractivity contribution in [2.24, 2.45) is 0 Å². The fraction of sp³-hybridized carbons (Fsp3) is 0.889. The SMILES string of the molecule is CNCC1NC(CNC(C)=O)C(O)C1O. The zero-order valence-corrected chi connectivity index (χ0v) is 9.03. The minimum atomic E-state index is -0.838. The summed E-state index contributed by atoms with van der Waals surface area (Å²) >= 11 is 0. The van der Waals surface area contributed by atoms with Gasteiger partial charge in [0.1, 0.15) is 0 Å². The standard InChI is InChI=1S/C9H19N3O3/c1-5(13)11-4-7-9(15)8(14)6(12-7)3-10-2/h6-10,12,14-15H,3-4H2,1-2H3,(H,11,13). The molecular weight excluding hydrogens is 198 g/mol. The number of carbonyl (C=O) groups is 1. The summed E-state index contributed by atoms with van der Waals surface area (Å²) in [5.41, 5.74) is 0. The lowest BCUT2D eigenvalue weighted by Gasteiger charge is -2.15. The second-order valence-corrected chi connectivity index (χ2v) is 3.86. The Balaban J connectivity index is 2.43. The van der Waals surface area contributed by atoms with Gasteiger partial charge in [-0.3, -0.25) is 4.79 Å². The van der Waals surface area contributed by atoms with Crippen LogP contribution in [0.15, 0.2) is 0 Å². The first-order valence-corrected chi connectivity index (χ1v) is 5.07. The first-order valence-electron chi connectivity index (χ1n) is 5.07. The first-order chi connectivity index (χ1) is 7.06. The lowest BCUT2D eigenvalue weighted by atomic mass is 10.1. The Morgan fingerprint density at radius 1 is 1.27 bits per heavy atom. The molecule has 5 N–H and O–H groups in total. The summed E-state index contributed by atoms with van der Waals surface area (Å²) in [5, 5.41) is 27.9. The highest BCUT2D eigenvalue weighted by Crippen LogP contribution is 2.13. The van der Waals surface area contributed by atoms with Crippen LogP contribution in [0.5, 0.6) is 0 Å². The van der Waals surface area contributed by atoms with Crippen LogP contribution in [0, 0.1) is 0 Å². The predicted octanol–water partition coefficient (Wildman–Crippen LogP) is -2.60. The van der Waals surface area contributed by atoms with Gasteiger partial charge in [0.05, 0.1) is 18.2 Å². The minimum Gasteiger partial charge on any atom is -0.389 e. The molecule has 0 aliphatic carbocycles. The molecule has 6 heteroatoms. The van der Waals surface area contributed by atoms with E-state index in [0.717, 1.165) is 0 Å². The van der Waals surface area contributed by atoms with Crippen LogP contribution in [-0.4, -0.2) is 60.5 Å². The number of aliphatic hydroxyl groups excluding tert-OH is 2. The average Bonchev–Trinajstić information content (AvgIpc) is 2.44. The molecule has 1 saturated heterocycles. The van der Waals surface area contributed by atoms with Crippen molar-refractivity contribution < 1.29 is 15.0 Å². The van der Waals surface area contributed by atoms with Gasteiger partial charge in [0.15, 0.2) is 0 Å². The maximum absolute atomic E-state index is 10.7. The predicted molar refractivity (Wildman–Crippen MR) is 55.3 cm³/mol. The second kappa shape index (κ2) is 5.41. The van der Waals surface area contributed by atoms with Crippen LogP contribution in [0.25, 0.3) is 0 Å². The number of aliphatic hydroxyl groups is 2. The van der Waals surface area contributed by atoms with E-state index in [1.54, 1.807) is 7.05 Å². The van der Waals surface area contributed by atoms with E-state index in [1.807, 2.05) is 0 Å². The molecule has 15 heavy (non-hydrogen) atoms. The van der Waals surface area contributed by atoms with E-state index < -0.39 is 12.2 Å². The van der Waals surface area contributed by atoms with Gasteiger partial charge in [0.2, 0.25) is 5.91 Å². The molecule has 1 rings (SSSR count). The van der Waals surface area contributed by atoms with Crippen molar-refractivity contribution >= 4 is 5.91 Å². The molecule has 0 radical (unpaired) electrons. The van der Waals surface area contributed by atoms with Gasteiger partial charge in [0, 0.05) is 26.1 Å². The summed E-state index contributed by atoms with van der Waals surface area (Å²) in [5.74, 6) is -0.143. The quantitative estimate of drug-likeness (QED) is 0.356. The zero-order valence-electron chi connectivity index (χ0n) is 9.03. The number of carbonyl (C=O) groups excluding carboxylic acids is 1. The van der Waals surface area contributed by atoms with E-state index in [2.05, 4.69) is 16.0 Å². The van der Waals surface area contributed by atoms with Gasteiger partial charge in [-0.1, -0.05) is 0 Å². The maximum atomic E-state index is 10.7. The number of hydrogen-bond acceptors (Lipinski definition) is 5. The summed E-state index contributed by atoms with van der Waals surface area (Å²) in [6.45, 7) is 2.32. The van der Waals surface area contributed by atoms with Crippen molar-refractivity contribution in [3.8, 4) is 0 Å². The molecule has 4 unspecified atom stereocenters. The van der Waals surface area contributed by atoms with Gasteiger partial charge in [-0.05, 0) is 7.05 Å². The van der Waals surface area contributed by atoms with Crippen LogP contribution >= 0.6 is 0 Å². The van der Waals surface area contributed by atoms with Crippen LogP contribution in [0.3, 0.4) is 0 Å². The molecule has 1 heterocycles. The molecule has 0 bridgehead atoms. The summed E-state index contributed by atoms with van der Waals surface area (Å²) in [7, 11) is 1.78. The summed E-state index contributed by atoms with van der Waals surface area (Å²) in [6, 6.07) is -0.467. The molecule has 0 aromatic rings. The van der Waals surface area contributed by atoms with E-state index in [4.69, 9.17) is 0 Å². The molecule has 6 nitrogen and oxygen atoms in total. The molecule has 1 aliphatic rings.